The van der Waals surface area contributed by atoms with Crippen molar-refractivity contribution in [3.63, 3.8) is 0 Å². The van der Waals surface area contributed by atoms with Crippen LogP contribution in [0, 0.1) is 0 Å². The topological polar surface area (TPSA) is 43.3 Å². The highest BCUT2D eigenvalue weighted by atomic mass is 79.9. The lowest BCUT2D eigenvalue weighted by atomic mass is 10.1. The molecule has 84 valence electrons. The van der Waals surface area contributed by atoms with Crippen LogP contribution in [0.3, 0.4) is 0 Å². The van der Waals surface area contributed by atoms with E-state index in [2.05, 4.69) is 31.5 Å². The van der Waals surface area contributed by atoms with Gasteiger partial charge in [0.05, 0.1) is 0 Å². The number of nitrogens with zero attached hydrogens (tertiary/aromatic N) is 2. The number of aryl methyl sites for hydroxylation is 1. The summed E-state index contributed by atoms with van der Waals surface area (Å²) in [5.74, 6) is 0. The van der Waals surface area contributed by atoms with E-state index >= 15 is 0 Å². The third-order valence-corrected chi connectivity index (χ3v) is 3.82. The monoisotopic (exact) mass is 279 g/mol. The van der Waals surface area contributed by atoms with E-state index in [0.717, 1.165) is 23.0 Å². The molecule has 0 spiro atoms. The lowest BCUT2D eigenvalue weighted by molar-refractivity contribution is 0.601. The van der Waals surface area contributed by atoms with Gasteiger partial charge in [0.2, 0.25) is 0 Å². The summed E-state index contributed by atoms with van der Waals surface area (Å²) in [6.45, 7) is 0. The molecule has 3 nitrogen and oxygen atoms in total. The SMILES string of the molecule is NC1(CCc2cnc3cc(Br)ccn23)CC1. The van der Waals surface area contributed by atoms with E-state index in [1.165, 1.54) is 18.5 Å². The maximum Gasteiger partial charge on any atom is 0.138 e. The first-order valence-electron chi connectivity index (χ1n) is 5.57. The summed E-state index contributed by atoms with van der Waals surface area (Å²) in [5, 5.41) is 0. The van der Waals surface area contributed by atoms with Crippen LogP contribution in [0.1, 0.15) is 25.0 Å². The van der Waals surface area contributed by atoms with Crippen molar-refractivity contribution >= 4 is 21.6 Å². The predicted molar refractivity (Wildman–Crippen MR) is 67.4 cm³/mol. The van der Waals surface area contributed by atoms with E-state index in [0.29, 0.717) is 0 Å². The van der Waals surface area contributed by atoms with Gasteiger partial charge in [0, 0.05) is 28.1 Å². The Balaban J connectivity index is 1.86. The third-order valence-electron chi connectivity index (χ3n) is 3.32. The molecule has 2 aromatic rings. The molecule has 1 fully saturated rings. The molecule has 1 aliphatic rings. The van der Waals surface area contributed by atoms with Crippen molar-refractivity contribution in [2.24, 2.45) is 5.73 Å². The number of halogens is 1. The van der Waals surface area contributed by atoms with Crippen molar-refractivity contribution in [3.05, 3.63) is 34.7 Å². The molecule has 2 N–H and O–H groups in total. The van der Waals surface area contributed by atoms with E-state index in [4.69, 9.17) is 5.73 Å². The van der Waals surface area contributed by atoms with Crippen LogP contribution in [0.4, 0.5) is 0 Å². The summed E-state index contributed by atoms with van der Waals surface area (Å²) >= 11 is 3.45. The normalized spacial score (nSPS) is 17.9. The van der Waals surface area contributed by atoms with Gasteiger partial charge in [-0.25, -0.2) is 4.98 Å². The van der Waals surface area contributed by atoms with Gasteiger partial charge in [-0.1, -0.05) is 15.9 Å². The lowest BCUT2D eigenvalue weighted by Crippen LogP contribution is -2.22. The first kappa shape index (κ1) is 10.3. The molecule has 16 heavy (non-hydrogen) atoms. The van der Waals surface area contributed by atoms with E-state index in [9.17, 15) is 0 Å². The number of hydrogen-bond acceptors (Lipinski definition) is 2. The zero-order valence-electron chi connectivity index (χ0n) is 8.99. The molecule has 0 radical (unpaired) electrons. The number of hydrogen-bond donors (Lipinski definition) is 1. The summed E-state index contributed by atoms with van der Waals surface area (Å²) in [7, 11) is 0. The number of fused-ring (bicyclic) bond motifs is 1. The first-order chi connectivity index (χ1) is 7.66. The maximum atomic E-state index is 6.09. The lowest BCUT2D eigenvalue weighted by Gasteiger charge is -2.07. The van der Waals surface area contributed by atoms with Crippen LogP contribution in [0.15, 0.2) is 29.0 Å². The smallest absolute Gasteiger partial charge is 0.138 e. The van der Waals surface area contributed by atoms with Crippen LogP contribution < -0.4 is 5.73 Å². The maximum absolute atomic E-state index is 6.09. The minimum Gasteiger partial charge on any atom is -0.325 e. The van der Waals surface area contributed by atoms with Crippen molar-refractivity contribution in [3.8, 4) is 0 Å². The van der Waals surface area contributed by atoms with Crippen molar-refractivity contribution < 1.29 is 0 Å². The molecule has 0 bridgehead atoms. The molecule has 0 unspecified atom stereocenters. The number of rotatable bonds is 3. The number of aromatic nitrogens is 2. The van der Waals surface area contributed by atoms with Gasteiger partial charge >= 0.3 is 0 Å². The van der Waals surface area contributed by atoms with Crippen LogP contribution in [-0.2, 0) is 6.42 Å². The fourth-order valence-corrected chi connectivity index (χ4v) is 2.30. The molecule has 0 saturated heterocycles. The zero-order chi connectivity index (χ0) is 11.2. The Kier molecular flexibility index (Phi) is 2.30. The van der Waals surface area contributed by atoms with Gasteiger partial charge in [-0.3, -0.25) is 0 Å². The zero-order valence-corrected chi connectivity index (χ0v) is 10.6. The van der Waals surface area contributed by atoms with E-state index in [1.807, 2.05) is 18.3 Å². The molecule has 2 aromatic heterocycles. The average molecular weight is 280 g/mol. The summed E-state index contributed by atoms with van der Waals surface area (Å²) in [4.78, 5) is 4.39. The third kappa shape index (κ3) is 1.87. The largest absolute Gasteiger partial charge is 0.325 e. The average Bonchev–Trinajstić information content (AvgIpc) is 2.87. The van der Waals surface area contributed by atoms with Crippen molar-refractivity contribution in [2.75, 3.05) is 0 Å². The van der Waals surface area contributed by atoms with E-state index < -0.39 is 0 Å². The molecule has 4 heteroatoms. The minimum atomic E-state index is 0.125. The first-order valence-corrected chi connectivity index (χ1v) is 6.36. The van der Waals surface area contributed by atoms with Crippen molar-refractivity contribution in [2.45, 2.75) is 31.2 Å². The molecule has 0 atom stereocenters. The summed E-state index contributed by atoms with van der Waals surface area (Å²) in [6, 6.07) is 4.06. The Morgan fingerprint density at radius 3 is 3.06 bits per heavy atom. The highest BCUT2D eigenvalue weighted by Gasteiger charge is 2.37. The van der Waals surface area contributed by atoms with Crippen LogP contribution in [0.5, 0.6) is 0 Å². The van der Waals surface area contributed by atoms with Gasteiger partial charge in [0.1, 0.15) is 5.65 Å². The Morgan fingerprint density at radius 2 is 2.31 bits per heavy atom. The fraction of sp³-hybridized carbons (Fsp3) is 0.417. The molecule has 0 amide bonds. The van der Waals surface area contributed by atoms with Crippen molar-refractivity contribution in [1.82, 2.24) is 9.38 Å². The molecule has 1 aliphatic carbocycles. The Labute approximate surface area is 103 Å². The fourth-order valence-electron chi connectivity index (χ4n) is 1.98. The highest BCUT2D eigenvalue weighted by molar-refractivity contribution is 9.10. The van der Waals surface area contributed by atoms with E-state index in [-0.39, 0.29) is 5.54 Å². The molecule has 0 aliphatic heterocycles. The van der Waals surface area contributed by atoms with Crippen LogP contribution in [0.2, 0.25) is 0 Å². The van der Waals surface area contributed by atoms with Crippen LogP contribution in [-0.4, -0.2) is 14.9 Å². The van der Waals surface area contributed by atoms with E-state index in [1.54, 1.807) is 0 Å². The van der Waals surface area contributed by atoms with Gasteiger partial charge in [-0.15, -0.1) is 0 Å². The highest BCUT2D eigenvalue weighted by Crippen LogP contribution is 2.36. The number of pyridine rings is 1. The molecular weight excluding hydrogens is 266 g/mol. The summed E-state index contributed by atoms with van der Waals surface area (Å²) in [6.07, 6.45) is 8.44. The Morgan fingerprint density at radius 1 is 1.50 bits per heavy atom. The van der Waals surface area contributed by atoms with Crippen LogP contribution in [0.25, 0.3) is 5.65 Å². The van der Waals surface area contributed by atoms with Gasteiger partial charge in [0.25, 0.3) is 0 Å². The second kappa shape index (κ2) is 3.57. The Bertz CT molecular complexity index is 528. The van der Waals surface area contributed by atoms with Crippen molar-refractivity contribution in [1.29, 1.82) is 0 Å². The Hall–Kier alpha value is -0.870. The minimum absolute atomic E-state index is 0.125. The second-order valence-corrected chi connectivity index (χ2v) is 5.60. The predicted octanol–water partition coefficient (Wildman–Crippen LogP) is 2.52. The number of nitrogens with two attached hydrogens (primary N) is 1. The molecule has 2 heterocycles. The van der Waals surface area contributed by atoms with Gasteiger partial charge < -0.3 is 10.1 Å². The van der Waals surface area contributed by atoms with Gasteiger partial charge in [-0.05, 0) is 37.8 Å². The quantitative estimate of drug-likeness (QED) is 0.938. The molecule has 3 rings (SSSR count). The standard InChI is InChI=1S/C12H14BrN3/c13-9-2-6-16-10(8-15-11(16)7-9)1-3-12(14)4-5-12/h2,6-8H,1,3-5,14H2. The van der Waals surface area contributed by atoms with Crippen LogP contribution >= 0.6 is 15.9 Å². The number of imidazole rings is 1. The second-order valence-electron chi connectivity index (χ2n) is 4.69. The molecular formula is C12H14BrN3. The van der Waals surface area contributed by atoms with Gasteiger partial charge in [-0.2, -0.15) is 0 Å². The molecule has 1 saturated carbocycles. The molecule has 0 aromatic carbocycles. The summed E-state index contributed by atoms with van der Waals surface area (Å²) < 4.78 is 3.20. The summed E-state index contributed by atoms with van der Waals surface area (Å²) in [5.41, 5.74) is 8.46. The van der Waals surface area contributed by atoms with Gasteiger partial charge in [0.15, 0.2) is 0 Å².